The van der Waals surface area contributed by atoms with Crippen LogP contribution in [0, 0.1) is 35.0 Å². The van der Waals surface area contributed by atoms with Gasteiger partial charge in [-0.2, -0.15) is 0 Å². The van der Waals surface area contributed by atoms with Crippen molar-refractivity contribution < 1.29 is 47.1 Å². The van der Waals surface area contributed by atoms with Gasteiger partial charge in [0.1, 0.15) is 17.7 Å². The second-order valence-electron chi connectivity index (χ2n) is 18.2. The lowest BCUT2D eigenvalue weighted by atomic mass is 9.81. The quantitative estimate of drug-likeness (QED) is 0.210. The number of alkyl carbamates (subject to hydrolysis) is 1. The Kier molecular flexibility index (Phi) is 12.8. The van der Waals surface area contributed by atoms with Crippen LogP contribution in [0.25, 0.3) is 0 Å². The second-order valence-corrected chi connectivity index (χ2v) is 18.2. The third-order valence-electron chi connectivity index (χ3n) is 12.1. The summed E-state index contributed by atoms with van der Waals surface area (Å²) in [5.74, 6) is -7.82. The monoisotopic (exact) mass is 784 g/mol. The maximum Gasteiger partial charge on any atom is 0.408 e. The Morgan fingerprint density at radius 3 is 2.12 bits per heavy atom. The summed E-state index contributed by atoms with van der Waals surface area (Å²) in [7, 11) is 3.14. The molecule has 1 aliphatic heterocycles. The minimum absolute atomic E-state index is 0.000970. The maximum atomic E-state index is 14.4. The molecule has 4 aliphatic rings. The second kappa shape index (κ2) is 16.7. The standard InChI is InChI=1S/C42H58F2N4O8/c1-40(2,3)56-39(55)46-34(26-17-19-42(43,44)20-18-26)38(54)48-23-28-32(41(28,4)5)35(48)30(50)22-27(21-24-13-14-24)36(52)29(49)15-16-31(51)45-33(37(53)47(6)7)25-11-9-8-10-12-25/h8-12,24,26-28,32-35H,13-23H2,1-7H3,(H,45,51)(H,46,55)/t27?,28-,32-,33-,34-,35+/m0/s1. The molecule has 14 heteroatoms. The number of halogens is 2. The van der Waals surface area contributed by atoms with Gasteiger partial charge < -0.3 is 25.2 Å². The van der Waals surface area contributed by atoms with Crippen molar-refractivity contribution in [1.29, 1.82) is 0 Å². The molecule has 6 atom stereocenters. The Hall–Kier alpha value is -4.23. The van der Waals surface area contributed by atoms with Crippen molar-refractivity contribution in [1.82, 2.24) is 20.4 Å². The van der Waals surface area contributed by atoms with E-state index in [0.29, 0.717) is 12.0 Å². The lowest BCUT2D eigenvalue weighted by Gasteiger charge is -2.38. The number of benzene rings is 1. The Labute approximate surface area is 328 Å². The Bertz CT molecular complexity index is 1680. The van der Waals surface area contributed by atoms with Crippen molar-refractivity contribution in [3.63, 3.8) is 0 Å². The molecular formula is C42H58F2N4O8. The van der Waals surface area contributed by atoms with Crippen LogP contribution in [0.3, 0.4) is 0 Å². The number of carbonyl (C=O) groups excluding carboxylic acids is 7. The molecule has 0 bridgehead atoms. The Morgan fingerprint density at radius 1 is 0.929 bits per heavy atom. The highest BCUT2D eigenvalue weighted by Crippen LogP contribution is 2.65. The molecule has 0 spiro atoms. The number of alkyl halides is 2. The van der Waals surface area contributed by atoms with Crippen LogP contribution in [0.2, 0.25) is 0 Å². The van der Waals surface area contributed by atoms with Gasteiger partial charge in [0.05, 0.1) is 6.04 Å². The predicted octanol–water partition coefficient (Wildman–Crippen LogP) is 5.43. The van der Waals surface area contributed by atoms with Crippen molar-refractivity contribution in [3.05, 3.63) is 35.9 Å². The van der Waals surface area contributed by atoms with Crippen LogP contribution < -0.4 is 10.6 Å². The molecule has 12 nitrogen and oxygen atoms in total. The molecule has 1 saturated heterocycles. The molecule has 56 heavy (non-hydrogen) atoms. The van der Waals surface area contributed by atoms with Crippen molar-refractivity contribution in [2.75, 3.05) is 20.6 Å². The number of rotatable bonds is 16. The molecule has 0 radical (unpaired) electrons. The number of nitrogens with zero attached hydrogens (tertiary/aromatic N) is 2. The smallest absolute Gasteiger partial charge is 0.408 e. The van der Waals surface area contributed by atoms with Gasteiger partial charge in [-0.15, -0.1) is 0 Å². The highest BCUT2D eigenvalue weighted by molar-refractivity contribution is 6.38. The topological polar surface area (TPSA) is 159 Å². The number of fused-ring (bicyclic) bond motifs is 1. The fourth-order valence-corrected chi connectivity index (χ4v) is 8.68. The van der Waals surface area contributed by atoms with E-state index < -0.39 is 90.2 Å². The summed E-state index contributed by atoms with van der Waals surface area (Å²) in [6.07, 6.45) is -0.672. The first-order chi connectivity index (χ1) is 26.1. The van der Waals surface area contributed by atoms with Gasteiger partial charge in [0, 0.05) is 58.7 Å². The number of nitrogens with one attached hydrogen (secondary N) is 2. The van der Waals surface area contributed by atoms with Crippen LogP contribution in [0.15, 0.2) is 30.3 Å². The average molecular weight is 785 g/mol. The zero-order valence-electron chi connectivity index (χ0n) is 33.7. The van der Waals surface area contributed by atoms with Gasteiger partial charge in [0.15, 0.2) is 11.6 Å². The van der Waals surface area contributed by atoms with E-state index in [0.717, 1.165) is 12.8 Å². The zero-order valence-corrected chi connectivity index (χ0v) is 33.7. The molecule has 2 N–H and O–H groups in total. The van der Waals surface area contributed by atoms with Crippen molar-refractivity contribution in [2.45, 2.75) is 128 Å². The lowest BCUT2D eigenvalue weighted by Crippen LogP contribution is -2.57. The molecule has 3 aliphatic carbocycles. The van der Waals surface area contributed by atoms with Gasteiger partial charge in [0.2, 0.25) is 29.4 Å². The maximum absolute atomic E-state index is 14.4. The van der Waals surface area contributed by atoms with Gasteiger partial charge in [0.25, 0.3) is 0 Å². The molecule has 4 amide bonds. The largest absolute Gasteiger partial charge is 0.444 e. The van der Waals surface area contributed by atoms with Crippen molar-refractivity contribution >= 4 is 41.2 Å². The van der Waals surface area contributed by atoms with E-state index >= 15 is 0 Å². The van der Waals surface area contributed by atoms with Crippen LogP contribution in [0.4, 0.5) is 13.6 Å². The van der Waals surface area contributed by atoms with Gasteiger partial charge in [-0.1, -0.05) is 57.0 Å². The van der Waals surface area contributed by atoms with Crippen LogP contribution in [0.5, 0.6) is 0 Å². The molecule has 1 aromatic rings. The van der Waals surface area contributed by atoms with E-state index in [1.54, 1.807) is 65.2 Å². The fourth-order valence-electron chi connectivity index (χ4n) is 8.68. The number of likely N-dealkylation sites (tertiary alicyclic amines) is 1. The summed E-state index contributed by atoms with van der Waals surface area (Å²) in [4.78, 5) is 97.6. The first-order valence-corrected chi connectivity index (χ1v) is 19.9. The molecule has 1 heterocycles. The van der Waals surface area contributed by atoms with E-state index in [9.17, 15) is 42.3 Å². The summed E-state index contributed by atoms with van der Waals surface area (Å²) >= 11 is 0. The first kappa shape index (κ1) is 42.9. The Morgan fingerprint density at radius 2 is 1.55 bits per heavy atom. The van der Waals surface area contributed by atoms with Crippen LogP contribution in [-0.2, 0) is 33.5 Å². The van der Waals surface area contributed by atoms with Crippen LogP contribution in [-0.4, -0.2) is 95.2 Å². The third kappa shape index (κ3) is 10.4. The van der Waals surface area contributed by atoms with E-state index in [4.69, 9.17) is 4.74 Å². The third-order valence-corrected chi connectivity index (χ3v) is 12.1. The SMILES string of the molecule is CN(C)C(=O)[C@@H](NC(=O)CCC(=O)C(=O)C(CC(=O)[C@@H]1[C@@H]2[C@H](CN1C(=O)[C@@H](NC(=O)OC(C)(C)C)C1CCC(F)(F)CC1)C2(C)C)CC1CC1)c1ccccc1. The normalized spacial score (nSPS) is 24.2. The number of amides is 4. The van der Waals surface area contributed by atoms with E-state index in [1.807, 2.05) is 13.8 Å². The molecule has 3 saturated carbocycles. The highest BCUT2D eigenvalue weighted by atomic mass is 19.3. The minimum Gasteiger partial charge on any atom is -0.444 e. The van der Waals surface area contributed by atoms with Crippen molar-refractivity contribution in [2.24, 2.45) is 35.0 Å². The van der Waals surface area contributed by atoms with Crippen LogP contribution in [0.1, 0.15) is 110 Å². The molecule has 1 unspecified atom stereocenters. The number of piperidine rings is 1. The van der Waals surface area contributed by atoms with Gasteiger partial charge in [-0.05, 0) is 74.7 Å². The number of likely N-dealkylation sites (N-methyl/N-ethyl adjacent to an activating group) is 1. The van der Waals surface area contributed by atoms with E-state index in [-0.39, 0.29) is 67.1 Å². The van der Waals surface area contributed by atoms with Gasteiger partial charge in [-0.3, -0.25) is 28.8 Å². The molecular weight excluding hydrogens is 726 g/mol. The number of ketones is 3. The molecule has 4 fully saturated rings. The number of carbonyl (C=O) groups is 7. The molecule has 0 aromatic heterocycles. The summed E-state index contributed by atoms with van der Waals surface area (Å²) in [6, 6.07) is 5.59. The molecule has 308 valence electrons. The van der Waals surface area contributed by atoms with Crippen LogP contribution >= 0.6 is 0 Å². The molecule has 1 aromatic carbocycles. The number of ether oxygens (including phenoxy) is 1. The number of Topliss-reactive ketones (excluding diaryl/α,β-unsaturated/α-hetero) is 3. The van der Waals surface area contributed by atoms with E-state index in [1.165, 1.54) is 9.80 Å². The average Bonchev–Trinajstić information content (AvgIpc) is 3.98. The number of hydrogen-bond acceptors (Lipinski definition) is 8. The zero-order chi connectivity index (χ0) is 41.3. The fraction of sp³-hybridized carbons (Fsp3) is 0.690. The van der Waals surface area contributed by atoms with Gasteiger partial charge >= 0.3 is 6.09 Å². The van der Waals surface area contributed by atoms with Crippen molar-refractivity contribution in [3.8, 4) is 0 Å². The Balaban J connectivity index is 1.29. The summed E-state index contributed by atoms with van der Waals surface area (Å²) in [5.41, 5.74) is -0.587. The number of hydrogen-bond donors (Lipinski definition) is 2. The minimum atomic E-state index is -2.87. The highest BCUT2D eigenvalue weighted by Gasteiger charge is 2.69. The lowest BCUT2D eigenvalue weighted by molar-refractivity contribution is -0.145. The summed E-state index contributed by atoms with van der Waals surface area (Å²) in [6.45, 7) is 9.27. The summed E-state index contributed by atoms with van der Waals surface area (Å²) < 4.78 is 33.8. The van der Waals surface area contributed by atoms with E-state index in [2.05, 4.69) is 10.6 Å². The molecule has 5 rings (SSSR count). The predicted molar refractivity (Wildman–Crippen MR) is 202 cm³/mol. The van der Waals surface area contributed by atoms with Gasteiger partial charge in [-0.25, -0.2) is 13.6 Å². The first-order valence-electron chi connectivity index (χ1n) is 19.9. The summed E-state index contributed by atoms with van der Waals surface area (Å²) in [5, 5.41) is 5.34.